The molecule has 2 rings (SSSR count). The van der Waals surface area contributed by atoms with Gasteiger partial charge >= 0.3 is 0 Å². The van der Waals surface area contributed by atoms with Crippen LogP contribution in [-0.4, -0.2) is 29.2 Å². The second kappa shape index (κ2) is 8.75. The highest BCUT2D eigenvalue weighted by Gasteiger charge is 2.14. The van der Waals surface area contributed by atoms with Crippen LogP contribution in [0.5, 0.6) is 0 Å². The second-order valence-corrected chi connectivity index (χ2v) is 5.81. The molecule has 0 aliphatic carbocycles. The molecule has 2 aromatic rings. The molecule has 0 unspecified atom stereocenters. The fraction of sp³-hybridized carbons (Fsp3) is 0.211. The molecule has 2 N–H and O–H groups in total. The first-order chi connectivity index (χ1) is 12.3. The van der Waals surface area contributed by atoms with Crippen LogP contribution in [-0.2, 0) is 20.9 Å². The van der Waals surface area contributed by atoms with Gasteiger partial charge in [0.15, 0.2) is 0 Å². The van der Waals surface area contributed by atoms with E-state index in [1.165, 1.54) is 30.9 Å². The van der Waals surface area contributed by atoms with Crippen molar-refractivity contribution in [2.45, 2.75) is 20.4 Å². The lowest BCUT2D eigenvalue weighted by Gasteiger charge is -2.20. The molecule has 0 fully saturated rings. The number of benzene rings is 2. The number of carbonyl (C=O) groups excluding carboxylic acids is 3. The molecular formula is C19H20FN3O3. The van der Waals surface area contributed by atoms with Gasteiger partial charge < -0.3 is 15.5 Å². The first-order valence-electron chi connectivity index (χ1n) is 8.01. The number of hydrogen-bond donors (Lipinski definition) is 2. The van der Waals surface area contributed by atoms with Crippen LogP contribution >= 0.6 is 0 Å². The van der Waals surface area contributed by atoms with E-state index in [0.717, 1.165) is 5.56 Å². The summed E-state index contributed by atoms with van der Waals surface area (Å²) < 4.78 is 13.0. The number of halogens is 1. The van der Waals surface area contributed by atoms with E-state index < -0.39 is 0 Å². The summed E-state index contributed by atoms with van der Waals surface area (Å²) in [4.78, 5) is 36.5. The van der Waals surface area contributed by atoms with E-state index in [1.54, 1.807) is 36.4 Å². The van der Waals surface area contributed by atoms with E-state index in [9.17, 15) is 18.8 Å². The van der Waals surface area contributed by atoms with E-state index in [-0.39, 0.29) is 36.6 Å². The Bertz CT molecular complexity index is 806. The standard InChI is InChI=1S/C19H20FN3O3/c1-13(24)21-17-4-3-5-18(10-17)22-19(26)12-23(14(2)25)11-15-6-8-16(20)9-7-15/h3-10H,11-12H2,1-2H3,(H,21,24)(H,22,26). The molecule has 0 spiro atoms. The molecule has 0 atom stereocenters. The van der Waals surface area contributed by atoms with Crippen LogP contribution in [0.3, 0.4) is 0 Å². The summed E-state index contributed by atoms with van der Waals surface area (Å²) in [6.45, 7) is 2.83. The van der Waals surface area contributed by atoms with Gasteiger partial charge in [0, 0.05) is 31.8 Å². The van der Waals surface area contributed by atoms with Crippen LogP contribution in [0, 0.1) is 5.82 Å². The van der Waals surface area contributed by atoms with Crippen molar-refractivity contribution in [1.82, 2.24) is 4.90 Å². The van der Waals surface area contributed by atoms with E-state index in [0.29, 0.717) is 11.4 Å². The summed E-state index contributed by atoms with van der Waals surface area (Å²) in [7, 11) is 0. The molecule has 26 heavy (non-hydrogen) atoms. The summed E-state index contributed by atoms with van der Waals surface area (Å²) in [6.07, 6.45) is 0. The van der Waals surface area contributed by atoms with Crippen molar-refractivity contribution < 1.29 is 18.8 Å². The fourth-order valence-electron chi connectivity index (χ4n) is 2.34. The van der Waals surface area contributed by atoms with Crippen LogP contribution in [0.4, 0.5) is 15.8 Å². The maximum Gasteiger partial charge on any atom is 0.244 e. The average Bonchev–Trinajstić information content (AvgIpc) is 2.55. The minimum Gasteiger partial charge on any atom is -0.329 e. The number of hydrogen-bond acceptors (Lipinski definition) is 3. The second-order valence-electron chi connectivity index (χ2n) is 5.81. The van der Waals surface area contributed by atoms with Gasteiger partial charge in [-0.1, -0.05) is 18.2 Å². The molecule has 0 radical (unpaired) electrons. The van der Waals surface area contributed by atoms with Gasteiger partial charge in [-0.15, -0.1) is 0 Å². The zero-order valence-electron chi connectivity index (χ0n) is 14.6. The van der Waals surface area contributed by atoms with Crippen LogP contribution in [0.25, 0.3) is 0 Å². The summed E-state index contributed by atoms with van der Waals surface area (Å²) in [5.74, 6) is -1.21. The molecule has 0 bridgehead atoms. The van der Waals surface area contributed by atoms with E-state index in [4.69, 9.17) is 0 Å². The van der Waals surface area contributed by atoms with Crippen molar-refractivity contribution in [3.63, 3.8) is 0 Å². The predicted octanol–water partition coefficient (Wildman–Crippen LogP) is 2.77. The molecule has 3 amide bonds. The van der Waals surface area contributed by atoms with E-state index in [2.05, 4.69) is 10.6 Å². The molecule has 2 aromatic carbocycles. The zero-order chi connectivity index (χ0) is 19.1. The van der Waals surface area contributed by atoms with Gasteiger partial charge in [0.2, 0.25) is 17.7 Å². The van der Waals surface area contributed by atoms with Gasteiger partial charge in [0.1, 0.15) is 12.4 Å². The first-order valence-corrected chi connectivity index (χ1v) is 8.01. The fourth-order valence-corrected chi connectivity index (χ4v) is 2.34. The van der Waals surface area contributed by atoms with Crippen molar-refractivity contribution in [3.8, 4) is 0 Å². The van der Waals surface area contributed by atoms with Crippen LogP contribution < -0.4 is 10.6 Å². The smallest absolute Gasteiger partial charge is 0.244 e. The monoisotopic (exact) mass is 357 g/mol. The van der Waals surface area contributed by atoms with Gasteiger partial charge in [-0.05, 0) is 35.9 Å². The van der Waals surface area contributed by atoms with Crippen LogP contribution in [0.1, 0.15) is 19.4 Å². The number of amides is 3. The van der Waals surface area contributed by atoms with Crippen molar-refractivity contribution in [3.05, 3.63) is 59.9 Å². The lowest BCUT2D eigenvalue weighted by molar-refractivity contribution is -0.133. The average molecular weight is 357 g/mol. The molecule has 0 saturated heterocycles. The molecule has 6 nitrogen and oxygen atoms in total. The number of carbonyl (C=O) groups is 3. The molecule has 0 saturated carbocycles. The number of nitrogens with one attached hydrogen (secondary N) is 2. The third-order valence-electron chi connectivity index (χ3n) is 3.53. The Balaban J connectivity index is 2.00. The van der Waals surface area contributed by atoms with E-state index in [1.807, 2.05) is 0 Å². The minimum atomic E-state index is -0.373. The summed E-state index contributed by atoms with van der Waals surface area (Å²) in [6, 6.07) is 12.5. The number of rotatable bonds is 6. The van der Waals surface area contributed by atoms with Crippen molar-refractivity contribution >= 4 is 29.1 Å². The Morgan fingerprint density at radius 1 is 0.962 bits per heavy atom. The van der Waals surface area contributed by atoms with Gasteiger partial charge in [-0.3, -0.25) is 14.4 Å². The summed E-state index contributed by atoms with van der Waals surface area (Å²) >= 11 is 0. The highest BCUT2D eigenvalue weighted by atomic mass is 19.1. The van der Waals surface area contributed by atoms with Crippen LogP contribution in [0.15, 0.2) is 48.5 Å². The van der Waals surface area contributed by atoms with Crippen LogP contribution in [0.2, 0.25) is 0 Å². The normalized spacial score (nSPS) is 10.1. The first kappa shape index (κ1) is 19.1. The van der Waals surface area contributed by atoms with Crippen molar-refractivity contribution in [1.29, 1.82) is 0 Å². The number of anilines is 2. The third kappa shape index (κ3) is 6.01. The quantitative estimate of drug-likeness (QED) is 0.834. The lowest BCUT2D eigenvalue weighted by atomic mass is 10.2. The molecule has 136 valence electrons. The molecule has 0 heterocycles. The third-order valence-corrected chi connectivity index (χ3v) is 3.53. The molecule has 7 heteroatoms. The Morgan fingerprint density at radius 2 is 1.58 bits per heavy atom. The van der Waals surface area contributed by atoms with Gasteiger partial charge in [-0.2, -0.15) is 0 Å². The Kier molecular flexibility index (Phi) is 6.43. The molecular weight excluding hydrogens is 337 g/mol. The lowest BCUT2D eigenvalue weighted by Crippen LogP contribution is -2.36. The molecule has 0 aliphatic rings. The maximum absolute atomic E-state index is 13.0. The summed E-state index contributed by atoms with van der Waals surface area (Å²) in [5, 5.41) is 5.32. The SMILES string of the molecule is CC(=O)Nc1cccc(NC(=O)CN(Cc2ccc(F)cc2)C(C)=O)c1. The highest BCUT2D eigenvalue weighted by Crippen LogP contribution is 2.15. The zero-order valence-corrected chi connectivity index (χ0v) is 14.6. The van der Waals surface area contributed by atoms with E-state index >= 15 is 0 Å². The number of nitrogens with zero attached hydrogens (tertiary/aromatic N) is 1. The molecule has 0 aromatic heterocycles. The summed E-state index contributed by atoms with van der Waals surface area (Å²) in [5.41, 5.74) is 1.79. The highest BCUT2D eigenvalue weighted by molar-refractivity contribution is 5.95. The van der Waals surface area contributed by atoms with Gasteiger partial charge in [0.25, 0.3) is 0 Å². The van der Waals surface area contributed by atoms with Gasteiger partial charge in [0.05, 0.1) is 0 Å². The van der Waals surface area contributed by atoms with Crippen molar-refractivity contribution in [2.24, 2.45) is 0 Å². The Labute approximate surface area is 151 Å². The largest absolute Gasteiger partial charge is 0.329 e. The predicted molar refractivity (Wildman–Crippen MR) is 96.9 cm³/mol. The topological polar surface area (TPSA) is 78.5 Å². The van der Waals surface area contributed by atoms with Crippen molar-refractivity contribution in [2.75, 3.05) is 17.2 Å². The minimum absolute atomic E-state index is 0.142. The molecule has 0 aliphatic heterocycles. The Morgan fingerprint density at radius 3 is 2.15 bits per heavy atom. The maximum atomic E-state index is 13.0. The Hall–Kier alpha value is -3.22. The van der Waals surface area contributed by atoms with Gasteiger partial charge in [-0.25, -0.2) is 4.39 Å².